The predicted molar refractivity (Wildman–Crippen MR) is 79.1 cm³/mol. The quantitative estimate of drug-likeness (QED) is 0.911. The molecule has 4 heteroatoms. The van der Waals surface area contributed by atoms with Gasteiger partial charge in [0.2, 0.25) is 0 Å². The van der Waals surface area contributed by atoms with Crippen LogP contribution in [0, 0.1) is 13.8 Å². The number of amides is 1. The first-order valence-electron chi connectivity index (χ1n) is 6.99. The summed E-state index contributed by atoms with van der Waals surface area (Å²) in [4.78, 5) is 12.4. The normalized spacial score (nSPS) is 13.3. The molecule has 4 nitrogen and oxygen atoms in total. The Kier molecular flexibility index (Phi) is 3.08. The fourth-order valence-electron chi connectivity index (χ4n) is 3.03. The van der Waals surface area contributed by atoms with Crippen LogP contribution < -0.4 is 5.32 Å². The van der Waals surface area contributed by atoms with E-state index in [2.05, 4.69) is 16.5 Å². The standard InChI is InChI=1S/C16H19N3O/c1-10-7-11(2)9-12(8-10)17-16(20)15-13-5-4-6-14(13)19(3)18-15/h7-9H,4-6H2,1-3H3,(H,17,20). The third-order valence-corrected chi connectivity index (χ3v) is 3.81. The van der Waals surface area contributed by atoms with Gasteiger partial charge in [0.1, 0.15) is 0 Å². The molecular weight excluding hydrogens is 250 g/mol. The van der Waals surface area contributed by atoms with Gasteiger partial charge in [-0.3, -0.25) is 9.48 Å². The minimum atomic E-state index is -0.103. The molecule has 1 heterocycles. The van der Waals surface area contributed by atoms with Gasteiger partial charge < -0.3 is 5.32 Å². The van der Waals surface area contributed by atoms with Crippen LogP contribution in [0.15, 0.2) is 18.2 Å². The van der Waals surface area contributed by atoms with E-state index in [1.54, 1.807) is 0 Å². The molecule has 3 rings (SSSR count). The number of nitrogens with zero attached hydrogens (tertiary/aromatic N) is 2. The summed E-state index contributed by atoms with van der Waals surface area (Å²) in [6, 6.07) is 6.05. The van der Waals surface area contributed by atoms with Gasteiger partial charge in [0.15, 0.2) is 5.69 Å². The highest BCUT2D eigenvalue weighted by molar-refractivity contribution is 6.04. The highest BCUT2D eigenvalue weighted by atomic mass is 16.2. The van der Waals surface area contributed by atoms with Crippen LogP contribution in [0.4, 0.5) is 5.69 Å². The number of carbonyl (C=O) groups excluding carboxylic acids is 1. The van der Waals surface area contributed by atoms with Crippen molar-refractivity contribution in [1.82, 2.24) is 9.78 Å². The van der Waals surface area contributed by atoms with Crippen LogP contribution in [0.5, 0.6) is 0 Å². The smallest absolute Gasteiger partial charge is 0.276 e. The zero-order valence-electron chi connectivity index (χ0n) is 12.2. The van der Waals surface area contributed by atoms with Gasteiger partial charge in [0, 0.05) is 24.0 Å². The molecule has 1 aromatic heterocycles. The molecule has 0 saturated heterocycles. The van der Waals surface area contributed by atoms with Crippen molar-refractivity contribution in [2.24, 2.45) is 7.05 Å². The van der Waals surface area contributed by atoms with E-state index in [1.807, 2.05) is 37.7 Å². The lowest BCUT2D eigenvalue weighted by Crippen LogP contribution is -2.15. The zero-order chi connectivity index (χ0) is 14.3. The molecule has 1 amide bonds. The van der Waals surface area contributed by atoms with Crippen molar-refractivity contribution in [3.63, 3.8) is 0 Å². The number of rotatable bonds is 2. The van der Waals surface area contributed by atoms with E-state index >= 15 is 0 Å². The van der Waals surface area contributed by atoms with Gasteiger partial charge in [-0.15, -0.1) is 0 Å². The zero-order valence-corrected chi connectivity index (χ0v) is 12.2. The van der Waals surface area contributed by atoms with Crippen LogP contribution in [-0.2, 0) is 19.9 Å². The van der Waals surface area contributed by atoms with E-state index < -0.39 is 0 Å². The number of aromatic nitrogens is 2. The number of benzene rings is 1. The summed E-state index contributed by atoms with van der Waals surface area (Å²) in [6.45, 7) is 4.06. The van der Waals surface area contributed by atoms with E-state index in [9.17, 15) is 4.79 Å². The number of anilines is 1. The van der Waals surface area contributed by atoms with Gasteiger partial charge in [-0.1, -0.05) is 6.07 Å². The molecule has 0 aliphatic heterocycles. The van der Waals surface area contributed by atoms with E-state index in [4.69, 9.17) is 0 Å². The Bertz CT molecular complexity index is 665. The van der Waals surface area contributed by atoms with Gasteiger partial charge in [-0.05, 0) is 56.4 Å². The maximum atomic E-state index is 12.4. The van der Waals surface area contributed by atoms with Crippen molar-refractivity contribution < 1.29 is 4.79 Å². The summed E-state index contributed by atoms with van der Waals surface area (Å²) >= 11 is 0. The Hall–Kier alpha value is -2.10. The maximum absolute atomic E-state index is 12.4. The lowest BCUT2D eigenvalue weighted by atomic mass is 10.1. The summed E-state index contributed by atoms with van der Waals surface area (Å²) in [6.07, 6.45) is 3.10. The molecule has 0 unspecified atom stereocenters. The Morgan fingerprint density at radius 1 is 1.20 bits per heavy atom. The lowest BCUT2D eigenvalue weighted by molar-refractivity contribution is 0.102. The number of aryl methyl sites for hydroxylation is 3. The van der Waals surface area contributed by atoms with Crippen LogP contribution in [0.3, 0.4) is 0 Å². The molecule has 0 radical (unpaired) electrons. The number of hydrogen-bond acceptors (Lipinski definition) is 2. The molecule has 0 fully saturated rings. The average Bonchev–Trinajstić information content (AvgIpc) is 2.92. The molecule has 1 aliphatic carbocycles. The molecule has 0 saturated carbocycles. The third kappa shape index (κ3) is 2.22. The molecule has 104 valence electrons. The van der Waals surface area contributed by atoms with E-state index in [-0.39, 0.29) is 5.91 Å². The van der Waals surface area contributed by atoms with Crippen molar-refractivity contribution in [2.45, 2.75) is 33.1 Å². The Labute approximate surface area is 118 Å². The molecule has 0 atom stereocenters. The summed E-state index contributed by atoms with van der Waals surface area (Å²) in [5.74, 6) is -0.103. The SMILES string of the molecule is Cc1cc(C)cc(NC(=O)c2nn(C)c3c2CCC3)c1. The Balaban J connectivity index is 1.88. The number of nitrogens with one attached hydrogen (secondary N) is 1. The fourth-order valence-corrected chi connectivity index (χ4v) is 3.03. The largest absolute Gasteiger partial charge is 0.321 e. The second-order valence-corrected chi connectivity index (χ2v) is 5.58. The molecule has 0 bridgehead atoms. The van der Waals surface area contributed by atoms with Gasteiger partial charge >= 0.3 is 0 Å². The third-order valence-electron chi connectivity index (χ3n) is 3.81. The monoisotopic (exact) mass is 269 g/mol. The minimum Gasteiger partial charge on any atom is -0.321 e. The summed E-state index contributed by atoms with van der Waals surface area (Å²) in [7, 11) is 1.91. The molecule has 1 N–H and O–H groups in total. The van der Waals surface area contributed by atoms with Crippen molar-refractivity contribution in [2.75, 3.05) is 5.32 Å². The number of hydrogen-bond donors (Lipinski definition) is 1. The molecular formula is C16H19N3O. The van der Waals surface area contributed by atoms with E-state index in [0.29, 0.717) is 5.69 Å². The maximum Gasteiger partial charge on any atom is 0.276 e. The number of carbonyl (C=O) groups is 1. The van der Waals surface area contributed by atoms with E-state index in [0.717, 1.165) is 41.6 Å². The molecule has 20 heavy (non-hydrogen) atoms. The second-order valence-electron chi connectivity index (χ2n) is 5.58. The fraction of sp³-hybridized carbons (Fsp3) is 0.375. The first-order valence-corrected chi connectivity index (χ1v) is 6.99. The van der Waals surface area contributed by atoms with Crippen LogP contribution in [0.2, 0.25) is 0 Å². The molecule has 1 aliphatic rings. The van der Waals surface area contributed by atoms with E-state index in [1.165, 1.54) is 5.69 Å². The lowest BCUT2D eigenvalue weighted by Gasteiger charge is -2.07. The highest BCUT2D eigenvalue weighted by Crippen LogP contribution is 2.25. The Morgan fingerprint density at radius 2 is 1.90 bits per heavy atom. The van der Waals surface area contributed by atoms with Gasteiger partial charge in [-0.25, -0.2) is 0 Å². The van der Waals surface area contributed by atoms with Crippen LogP contribution in [0.1, 0.15) is 39.3 Å². The van der Waals surface area contributed by atoms with Crippen LogP contribution >= 0.6 is 0 Å². The van der Waals surface area contributed by atoms with Crippen molar-refractivity contribution >= 4 is 11.6 Å². The van der Waals surface area contributed by atoms with Crippen molar-refractivity contribution in [3.8, 4) is 0 Å². The summed E-state index contributed by atoms with van der Waals surface area (Å²) in [5, 5.41) is 7.35. The van der Waals surface area contributed by atoms with Crippen molar-refractivity contribution in [3.05, 3.63) is 46.3 Å². The van der Waals surface area contributed by atoms with Crippen LogP contribution in [-0.4, -0.2) is 15.7 Å². The van der Waals surface area contributed by atoms with Gasteiger partial charge in [0.25, 0.3) is 5.91 Å². The summed E-state index contributed by atoms with van der Waals surface area (Å²) in [5.41, 5.74) is 6.03. The predicted octanol–water partition coefficient (Wildman–Crippen LogP) is 2.78. The average molecular weight is 269 g/mol. The highest BCUT2D eigenvalue weighted by Gasteiger charge is 2.25. The number of fused-ring (bicyclic) bond motifs is 1. The second kappa shape index (κ2) is 4.78. The van der Waals surface area contributed by atoms with Gasteiger partial charge in [-0.2, -0.15) is 5.10 Å². The Morgan fingerprint density at radius 3 is 2.60 bits per heavy atom. The first-order chi connectivity index (χ1) is 9.54. The minimum absolute atomic E-state index is 0.103. The summed E-state index contributed by atoms with van der Waals surface area (Å²) < 4.78 is 1.85. The first kappa shape index (κ1) is 12.9. The molecule has 0 spiro atoms. The molecule has 2 aromatic rings. The van der Waals surface area contributed by atoms with Crippen molar-refractivity contribution in [1.29, 1.82) is 0 Å². The van der Waals surface area contributed by atoms with Crippen LogP contribution in [0.25, 0.3) is 0 Å². The topological polar surface area (TPSA) is 46.9 Å². The van der Waals surface area contributed by atoms with Gasteiger partial charge in [0.05, 0.1) is 0 Å². The molecule has 1 aromatic carbocycles.